The fourth-order valence-corrected chi connectivity index (χ4v) is 3.56. The average Bonchev–Trinajstić information content (AvgIpc) is 2.71. The summed E-state index contributed by atoms with van der Waals surface area (Å²) in [4.78, 5) is 0. The minimum absolute atomic E-state index is 0.128. The highest BCUT2D eigenvalue weighted by atomic mass is 16.5. The van der Waals surface area contributed by atoms with Crippen LogP contribution in [-0.4, -0.2) is 63.8 Å². The summed E-state index contributed by atoms with van der Waals surface area (Å²) in [6, 6.07) is 0. The fraction of sp³-hybridized carbons (Fsp3) is 0.933. The molecule has 0 saturated heterocycles. The molecule has 210 valence electrons. The lowest BCUT2D eigenvalue weighted by molar-refractivity contribution is 0.0688. The molecule has 0 amide bonds. The number of hydrogen-bond donors (Lipinski definition) is 2. The van der Waals surface area contributed by atoms with Gasteiger partial charge in [-0.05, 0) is 84.1 Å². The Kier molecular flexibility index (Phi) is 17.7. The highest BCUT2D eigenvalue weighted by molar-refractivity contribution is 4.83. The first kappa shape index (κ1) is 34.5. The van der Waals surface area contributed by atoms with E-state index in [1.165, 1.54) is 19.3 Å². The predicted molar refractivity (Wildman–Crippen MR) is 152 cm³/mol. The molecule has 5 nitrogen and oxygen atoms in total. The number of hydrogen-bond acceptors (Lipinski definition) is 5. The third kappa shape index (κ3) is 26.4. The summed E-state index contributed by atoms with van der Waals surface area (Å²) in [5.41, 5.74) is 0.874. The smallest absolute Gasteiger partial charge is 0.0648 e. The van der Waals surface area contributed by atoms with Crippen molar-refractivity contribution in [1.29, 1.82) is 0 Å². The molecule has 0 aliphatic carbocycles. The van der Waals surface area contributed by atoms with Crippen LogP contribution in [0.5, 0.6) is 0 Å². The first-order valence-corrected chi connectivity index (χ1v) is 14.0. The van der Waals surface area contributed by atoms with Crippen LogP contribution in [-0.2, 0) is 14.2 Å². The zero-order chi connectivity index (χ0) is 26.8. The van der Waals surface area contributed by atoms with Gasteiger partial charge in [-0.15, -0.1) is 0 Å². The van der Waals surface area contributed by atoms with Crippen LogP contribution in [0.3, 0.4) is 0 Å². The maximum atomic E-state index is 5.92. The lowest BCUT2D eigenvalue weighted by atomic mass is 9.83. The highest BCUT2D eigenvalue weighted by Crippen LogP contribution is 2.27. The molecule has 2 N–H and O–H groups in total. The molecule has 0 aromatic rings. The summed E-state index contributed by atoms with van der Waals surface area (Å²) in [6.45, 7) is 29.0. The van der Waals surface area contributed by atoms with Gasteiger partial charge in [0.15, 0.2) is 0 Å². The summed E-state index contributed by atoms with van der Waals surface area (Å²) in [6.07, 6.45) is 11.1. The quantitative estimate of drug-likeness (QED) is 0.135. The van der Waals surface area contributed by atoms with Crippen molar-refractivity contribution >= 4 is 0 Å². The molecule has 0 fully saturated rings. The van der Waals surface area contributed by atoms with Crippen molar-refractivity contribution in [2.75, 3.05) is 52.7 Å². The third-order valence-corrected chi connectivity index (χ3v) is 5.95. The Morgan fingerprint density at radius 2 is 1.20 bits per heavy atom. The highest BCUT2D eigenvalue weighted by Gasteiger charge is 2.24. The van der Waals surface area contributed by atoms with Crippen LogP contribution in [0.2, 0.25) is 0 Å². The minimum Gasteiger partial charge on any atom is -0.381 e. The van der Waals surface area contributed by atoms with E-state index in [9.17, 15) is 0 Å². The zero-order valence-corrected chi connectivity index (χ0v) is 25.3. The molecular formula is C30H62N2O3. The molecule has 0 rings (SSSR count). The van der Waals surface area contributed by atoms with E-state index in [1.807, 2.05) is 6.08 Å². The van der Waals surface area contributed by atoms with Gasteiger partial charge in [0, 0.05) is 30.8 Å². The lowest BCUT2D eigenvalue weighted by Crippen LogP contribution is -2.41. The molecule has 0 radical (unpaired) electrons. The van der Waals surface area contributed by atoms with Gasteiger partial charge in [-0.1, -0.05) is 53.2 Å². The second kappa shape index (κ2) is 17.9. The SMILES string of the molecule is CC(C)(C)CCCCOCCCNC(C)(C)CCC(C)(C)COC/C=C\COCCNC(C)(C)C. The van der Waals surface area contributed by atoms with Crippen molar-refractivity contribution in [1.82, 2.24) is 10.6 Å². The van der Waals surface area contributed by atoms with E-state index in [0.29, 0.717) is 18.6 Å². The van der Waals surface area contributed by atoms with Crippen molar-refractivity contribution in [3.8, 4) is 0 Å². The van der Waals surface area contributed by atoms with Crippen LogP contribution in [0.1, 0.15) is 108 Å². The van der Waals surface area contributed by atoms with Crippen molar-refractivity contribution < 1.29 is 14.2 Å². The zero-order valence-electron chi connectivity index (χ0n) is 25.3. The van der Waals surface area contributed by atoms with Crippen LogP contribution < -0.4 is 10.6 Å². The van der Waals surface area contributed by atoms with E-state index in [-0.39, 0.29) is 16.5 Å². The lowest BCUT2D eigenvalue weighted by Gasteiger charge is -2.32. The summed E-state index contributed by atoms with van der Waals surface area (Å²) in [5, 5.41) is 7.13. The Hall–Kier alpha value is -0.460. The molecule has 0 aliphatic heterocycles. The second-order valence-electron chi connectivity index (χ2n) is 13.7. The van der Waals surface area contributed by atoms with Crippen LogP contribution in [0, 0.1) is 10.8 Å². The molecule has 0 atom stereocenters. The Morgan fingerprint density at radius 1 is 0.571 bits per heavy atom. The topological polar surface area (TPSA) is 51.8 Å². The molecule has 0 heterocycles. The summed E-state index contributed by atoms with van der Waals surface area (Å²) < 4.78 is 17.3. The van der Waals surface area contributed by atoms with Crippen LogP contribution in [0.15, 0.2) is 12.2 Å². The Morgan fingerprint density at radius 3 is 1.83 bits per heavy atom. The second-order valence-corrected chi connectivity index (χ2v) is 13.7. The molecule has 5 heteroatoms. The molecule has 0 bridgehead atoms. The molecule has 0 unspecified atom stereocenters. The van der Waals surface area contributed by atoms with E-state index in [2.05, 4.69) is 85.9 Å². The number of nitrogens with one attached hydrogen (secondary N) is 2. The summed E-state index contributed by atoms with van der Waals surface area (Å²) in [7, 11) is 0. The summed E-state index contributed by atoms with van der Waals surface area (Å²) in [5.74, 6) is 0. The number of rotatable bonds is 21. The monoisotopic (exact) mass is 498 g/mol. The summed E-state index contributed by atoms with van der Waals surface area (Å²) >= 11 is 0. The Balaban J connectivity index is 3.77. The maximum absolute atomic E-state index is 5.92. The van der Waals surface area contributed by atoms with E-state index in [4.69, 9.17) is 14.2 Å². The predicted octanol–water partition coefficient (Wildman–Crippen LogP) is 6.76. The first-order valence-electron chi connectivity index (χ1n) is 14.0. The number of ether oxygens (including phenoxy) is 3. The van der Waals surface area contributed by atoms with Crippen molar-refractivity contribution in [3.63, 3.8) is 0 Å². The molecular weight excluding hydrogens is 436 g/mol. The van der Waals surface area contributed by atoms with Crippen LogP contribution >= 0.6 is 0 Å². The van der Waals surface area contributed by atoms with Crippen molar-refractivity contribution in [2.45, 2.75) is 119 Å². The van der Waals surface area contributed by atoms with Gasteiger partial charge in [0.2, 0.25) is 0 Å². The standard InChI is InChI=1S/C30H62N2O3/c1-27(2,3)16-11-12-21-33-24-15-19-32-30(9,10)18-17-29(7,8)26-35-23-14-13-22-34-25-20-31-28(4,5)6/h13-14,31-32H,11-12,15-26H2,1-10H3/b14-13-. The van der Waals surface area contributed by atoms with Gasteiger partial charge in [0.05, 0.1) is 26.4 Å². The van der Waals surface area contributed by atoms with E-state index in [0.717, 1.165) is 58.8 Å². The largest absolute Gasteiger partial charge is 0.381 e. The minimum atomic E-state index is 0.128. The van der Waals surface area contributed by atoms with E-state index >= 15 is 0 Å². The van der Waals surface area contributed by atoms with E-state index < -0.39 is 0 Å². The molecule has 0 saturated carbocycles. The first-order chi connectivity index (χ1) is 16.1. The Bertz CT molecular complexity index is 531. The molecule has 0 spiro atoms. The number of unbranched alkanes of at least 4 members (excludes halogenated alkanes) is 1. The van der Waals surface area contributed by atoms with Gasteiger partial charge in [-0.3, -0.25) is 0 Å². The van der Waals surface area contributed by atoms with Gasteiger partial charge in [0.1, 0.15) is 0 Å². The maximum Gasteiger partial charge on any atom is 0.0648 e. The van der Waals surface area contributed by atoms with Crippen molar-refractivity contribution in [3.05, 3.63) is 12.2 Å². The van der Waals surface area contributed by atoms with Gasteiger partial charge in [-0.25, -0.2) is 0 Å². The average molecular weight is 499 g/mol. The molecule has 0 aromatic heterocycles. The van der Waals surface area contributed by atoms with Gasteiger partial charge in [-0.2, -0.15) is 0 Å². The van der Waals surface area contributed by atoms with Crippen LogP contribution in [0.25, 0.3) is 0 Å². The molecule has 0 aliphatic rings. The van der Waals surface area contributed by atoms with Crippen molar-refractivity contribution in [2.24, 2.45) is 10.8 Å². The fourth-order valence-electron chi connectivity index (χ4n) is 3.56. The normalized spacial score (nSPS) is 13.8. The third-order valence-electron chi connectivity index (χ3n) is 5.95. The van der Waals surface area contributed by atoms with Crippen LogP contribution in [0.4, 0.5) is 0 Å². The molecule has 0 aromatic carbocycles. The molecule has 35 heavy (non-hydrogen) atoms. The van der Waals surface area contributed by atoms with E-state index in [1.54, 1.807) is 0 Å². The Labute approximate surface area is 219 Å². The van der Waals surface area contributed by atoms with Gasteiger partial charge >= 0.3 is 0 Å². The van der Waals surface area contributed by atoms with Gasteiger partial charge < -0.3 is 24.8 Å². The van der Waals surface area contributed by atoms with Gasteiger partial charge in [0.25, 0.3) is 0 Å².